The van der Waals surface area contributed by atoms with E-state index in [9.17, 15) is 0 Å². The van der Waals surface area contributed by atoms with Gasteiger partial charge in [-0.25, -0.2) is 4.98 Å². The highest BCUT2D eigenvalue weighted by atomic mass is 32.2. The molecule has 0 aliphatic rings. The van der Waals surface area contributed by atoms with Crippen molar-refractivity contribution >= 4 is 23.3 Å². The normalized spacial score (nSPS) is 13.0. The van der Waals surface area contributed by atoms with Gasteiger partial charge in [0.15, 0.2) is 4.34 Å². The van der Waals surface area contributed by atoms with Crippen LogP contribution in [0.2, 0.25) is 0 Å². The molecule has 15 heavy (non-hydrogen) atoms. The van der Waals surface area contributed by atoms with Crippen molar-refractivity contribution in [2.45, 2.75) is 44.0 Å². The van der Waals surface area contributed by atoms with Gasteiger partial charge >= 0.3 is 0 Å². The Hall–Kier alpha value is -0.130. The van der Waals surface area contributed by atoms with Crippen LogP contribution in [0.4, 0.5) is 0 Å². The van der Waals surface area contributed by atoms with Gasteiger partial charge in [-0.15, -0.1) is 0 Å². The van der Waals surface area contributed by atoms with E-state index in [-0.39, 0.29) is 0 Å². The van der Waals surface area contributed by atoms with E-state index in [2.05, 4.69) is 28.5 Å². The molecule has 1 rings (SSSR count). The Kier molecular flexibility index (Phi) is 6.20. The van der Waals surface area contributed by atoms with Gasteiger partial charge < -0.3 is 5.32 Å². The van der Waals surface area contributed by atoms with E-state index in [1.54, 1.807) is 11.8 Å². The van der Waals surface area contributed by atoms with Gasteiger partial charge in [-0.05, 0) is 37.8 Å². The van der Waals surface area contributed by atoms with Gasteiger partial charge in [0.05, 0.1) is 0 Å². The molecule has 1 unspecified atom stereocenters. The molecule has 1 N–H and O–H groups in total. The number of hydrogen-bond acceptors (Lipinski definition) is 5. The minimum Gasteiger partial charge on any atom is -0.313 e. The first-order chi connectivity index (χ1) is 7.26. The molecule has 1 heterocycles. The molecule has 0 saturated heterocycles. The van der Waals surface area contributed by atoms with Crippen LogP contribution in [0.3, 0.4) is 0 Å². The maximum atomic E-state index is 4.34. The smallest absolute Gasteiger partial charge is 0.170 e. The Morgan fingerprint density at radius 1 is 1.47 bits per heavy atom. The molecule has 0 radical (unpaired) electrons. The molecule has 0 aliphatic carbocycles. The van der Waals surface area contributed by atoms with Crippen LogP contribution in [0, 0.1) is 6.92 Å². The topological polar surface area (TPSA) is 37.8 Å². The molecule has 0 amide bonds. The van der Waals surface area contributed by atoms with E-state index in [1.807, 2.05) is 6.92 Å². The van der Waals surface area contributed by atoms with Crippen LogP contribution in [0.15, 0.2) is 4.34 Å². The highest BCUT2D eigenvalue weighted by Crippen LogP contribution is 2.21. The summed E-state index contributed by atoms with van der Waals surface area (Å²) < 4.78 is 5.26. The van der Waals surface area contributed by atoms with Gasteiger partial charge in [-0.3, -0.25) is 0 Å². The lowest BCUT2D eigenvalue weighted by molar-refractivity contribution is 0.539. The van der Waals surface area contributed by atoms with Gasteiger partial charge in [0, 0.05) is 11.8 Å². The molecule has 1 atom stereocenters. The number of nitrogens with zero attached hydrogens (tertiary/aromatic N) is 2. The summed E-state index contributed by atoms with van der Waals surface area (Å²) in [7, 11) is 0. The monoisotopic (exact) mass is 245 g/mol. The Morgan fingerprint density at radius 3 is 2.80 bits per heavy atom. The molecule has 5 heteroatoms. The average molecular weight is 245 g/mol. The van der Waals surface area contributed by atoms with Crippen LogP contribution >= 0.6 is 23.3 Å². The number of rotatable bonds is 7. The van der Waals surface area contributed by atoms with Gasteiger partial charge in [0.25, 0.3) is 0 Å². The quantitative estimate of drug-likeness (QED) is 0.750. The molecule has 86 valence electrons. The molecule has 1 aromatic rings. The lowest BCUT2D eigenvalue weighted by atomic mass is 10.2. The first-order valence-electron chi connectivity index (χ1n) is 5.42. The molecule has 0 aromatic carbocycles. The third-order valence-corrected chi connectivity index (χ3v) is 4.18. The van der Waals surface area contributed by atoms with Crippen molar-refractivity contribution in [2.75, 3.05) is 12.3 Å². The minimum atomic E-state index is 0.596. The standard InChI is InChI=1S/C10H19N3S2/c1-4-6-11-9(5-2)7-14-10-12-8(3)13-15-10/h9,11H,4-7H2,1-3H3. The van der Waals surface area contributed by atoms with E-state index in [0.29, 0.717) is 6.04 Å². The molecule has 3 nitrogen and oxygen atoms in total. The second-order valence-electron chi connectivity index (χ2n) is 3.48. The van der Waals surface area contributed by atoms with Crippen LogP contribution in [0.25, 0.3) is 0 Å². The Labute approximate surface area is 100 Å². The molecule has 0 fully saturated rings. The predicted octanol–water partition coefficient (Wildman–Crippen LogP) is 2.72. The van der Waals surface area contributed by atoms with E-state index in [0.717, 1.165) is 22.5 Å². The molecule has 0 bridgehead atoms. The minimum absolute atomic E-state index is 0.596. The SMILES string of the molecule is CCCNC(CC)CSc1nc(C)ns1. The summed E-state index contributed by atoms with van der Waals surface area (Å²) in [4.78, 5) is 4.34. The summed E-state index contributed by atoms with van der Waals surface area (Å²) >= 11 is 3.31. The summed E-state index contributed by atoms with van der Waals surface area (Å²) in [6, 6.07) is 0.596. The molecule has 1 aromatic heterocycles. The highest BCUT2D eigenvalue weighted by molar-refractivity contribution is 8.00. The lowest BCUT2D eigenvalue weighted by Crippen LogP contribution is -2.31. The van der Waals surface area contributed by atoms with Crippen LogP contribution in [0.5, 0.6) is 0 Å². The van der Waals surface area contributed by atoms with Crippen molar-refractivity contribution in [2.24, 2.45) is 0 Å². The zero-order valence-corrected chi connectivity index (χ0v) is 11.2. The summed E-state index contributed by atoms with van der Waals surface area (Å²) in [5.41, 5.74) is 0. The van der Waals surface area contributed by atoms with Gasteiger partial charge in [0.1, 0.15) is 5.82 Å². The maximum Gasteiger partial charge on any atom is 0.170 e. The Morgan fingerprint density at radius 2 is 2.27 bits per heavy atom. The Bertz CT molecular complexity index is 275. The predicted molar refractivity (Wildman–Crippen MR) is 67.7 cm³/mol. The first-order valence-corrected chi connectivity index (χ1v) is 7.18. The Balaban J connectivity index is 2.27. The van der Waals surface area contributed by atoms with Crippen LogP contribution in [0.1, 0.15) is 32.5 Å². The third kappa shape index (κ3) is 4.95. The molecule has 0 spiro atoms. The average Bonchev–Trinajstić information content (AvgIpc) is 2.65. The second kappa shape index (κ2) is 7.19. The molecular formula is C10H19N3S2. The summed E-state index contributed by atoms with van der Waals surface area (Å²) in [6.07, 6.45) is 2.36. The van der Waals surface area contributed by atoms with E-state index >= 15 is 0 Å². The van der Waals surface area contributed by atoms with E-state index in [4.69, 9.17) is 0 Å². The number of thioether (sulfide) groups is 1. The van der Waals surface area contributed by atoms with Crippen molar-refractivity contribution in [1.29, 1.82) is 0 Å². The third-order valence-electron chi connectivity index (χ3n) is 2.09. The van der Waals surface area contributed by atoms with E-state index in [1.165, 1.54) is 24.4 Å². The van der Waals surface area contributed by atoms with Crippen molar-refractivity contribution in [3.8, 4) is 0 Å². The van der Waals surface area contributed by atoms with Crippen molar-refractivity contribution in [3.05, 3.63) is 5.82 Å². The lowest BCUT2D eigenvalue weighted by Gasteiger charge is -2.14. The van der Waals surface area contributed by atoms with Crippen LogP contribution in [-0.4, -0.2) is 27.7 Å². The molecule has 0 saturated carbocycles. The van der Waals surface area contributed by atoms with Crippen LogP contribution in [-0.2, 0) is 0 Å². The second-order valence-corrected chi connectivity index (χ2v) is 5.50. The van der Waals surface area contributed by atoms with Crippen molar-refractivity contribution in [1.82, 2.24) is 14.7 Å². The fraction of sp³-hybridized carbons (Fsp3) is 0.800. The first kappa shape index (κ1) is 12.9. The molecule has 0 aliphatic heterocycles. The number of aromatic nitrogens is 2. The van der Waals surface area contributed by atoms with Crippen molar-refractivity contribution in [3.63, 3.8) is 0 Å². The van der Waals surface area contributed by atoms with E-state index < -0.39 is 0 Å². The number of hydrogen-bond donors (Lipinski definition) is 1. The summed E-state index contributed by atoms with van der Waals surface area (Å²) in [5.74, 6) is 1.97. The van der Waals surface area contributed by atoms with Crippen molar-refractivity contribution < 1.29 is 0 Å². The van der Waals surface area contributed by atoms with Gasteiger partial charge in [-0.2, -0.15) is 4.37 Å². The zero-order valence-electron chi connectivity index (χ0n) is 9.62. The van der Waals surface area contributed by atoms with Gasteiger partial charge in [0.2, 0.25) is 0 Å². The zero-order chi connectivity index (χ0) is 11.1. The number of nitrogens with one attached hydrogen (secondary N) is 1. The number of aryl methyl sites for hydroxylation is 1. The molecular weight excluding hydrogens is 226 g/mol. The highest BCUT2D eigenvalue weighted by Gasteiger charge is 2.07. The summed E-state index contributed by atoms with van der Waals surface area (Å²) in [6.45, 7) is 7.46. The fourth-order valence-corrected chi connectivity index (χ4v) is 3.02. The van der Waals surface area contributed by atoms with Gasteiger partial charge in [-0.1, -0.05) is 25.6 Å². The summed E-state index contributed by atoms with van der Waals surface area (Å²) in [5, 5.41) is 3.53. The fourth-order valence-electron chi connectivity index (χ4n) is 1.18. The largest absolute Gasteiger partial charge is 0.313 e. The maximum absolute atomic E-state index is 4.34. The van der Waals surface area contributed by atoms with Crippen LogP contribution < -0.4 is 5.32 Å².